The minimum Gasteiger partial charge on any atom is -0.467 e. The average molecular weight is 434 g/mol. The summed E-state index contributed by atoms with van der Waals surface area (Å²) in [5.74, 6) is 0.910. The smallest absolute Gasteiger partial charge is 0.242 e. The Morgan fingerprint density at radius 2 is 1.88 bits per heavy atom. The normalized spacial score (nSPS) is 22.7. The highest BCUT2D eigenvalue weighted by molar-refractivity contribution is 6.01. The van der Waals surface area contributed by atoms with Crippen LogP contribution in [0.4, 0.5) is 11.4 Å². The first-order valence-electron chi connectivity index (χ1n) is 11.6. The lowest BCUT2D eigenvalue weighted by Crippen LogP contribution is -2.45. The van der Waals surface area contributed by atoms with Crippen molar-refractivity contribution in [2.75, 3.05) is 29.9 Å². The summed E-state index contributed by atoms with van der Waals surface area (Å²) < 4.78 is 5.87. The van der Waals surface area contributed by atoms with E-state index < -0.39 is 6.04 Å². The molecule has 3 heterocycles. The van der Waals surface area contributed by atoms with Crippen molar-refractivity contribution in [3.05, 3.63) is 59.7 Å². The highest BCUT2D eigenvalue weighted by Crippen LogP contribution is 2.48. The summed E-state index contributed by atoms with van der Waals surface area (Å²) in [5, 5.41) is 3.57. The standard InChI is InChI=1S/C26H31N3O3/c1-26(2)15-19-24(21(30)16-26)25(22-11-8-14-32-22)29(20-10-5-4-9-18(20)27-19)17-23(31)28-12-6-3-7-13-28/h4-5,8-11,14,25,27H,3,6-7,12-13,15-17H2,1-2H3/t25-/m1/s1. The molecule has 1 amide bonds. The molecule has 0 unspecified atom stereocenters. The van der Waals surface area contributed by atoms with E-state index in [1.807, 2.05) is 41.3 Å². The second-order valence-electron chi connectivity index (χ2n) is 9.96. The van der Waals surface area contributed by atoms with E-state index in [1.54, 1.807) is 6.26 Å². The zero-order valence-corrected chi connectivity index (χ0v) is 18.9. The predicted octanol–water partition coefficient (Wildman–Crippen LogP) is 4.91. The van der Waals surface area contributed by atoms with Crippen molar-refractivity contribution in [2.24, 2.45) is 5.41 Å². The number of carbonyl (C=O) groups is 2. The van der Waals surface area contributed by atoms with E-state index in [-0.39, 0.29) is 23.7 Å². The van der Waals surface area contributed by atoms with Crippen LogP contribution in [0.2, 0.25) is 0 Å². The number of nitrogens with one attached hydrogen (secondary N) is 1. The van der Waals surface area contributed by atoms with Crippen molar-refractivity contribution in [2.45, 2.75) is 52.0 Å². The van der Waals surface area contributed by atoms with Gasteiger partial charge >= 0.3 is 0 Å². The number of furan rings is 1. The lowest BCUT2D eigenvalue weighted by molar-refractivity contribution is -0.130. The summed E-state index contributed by atoms with van der Waals surface area (Å²) in [6.07, 6.45) is 6.17. The number of amides is 1. The first-order chi connectivity index (χ1) is 15.4. The topological polar surface area (TPSA) is 65.8 Å². The summed E-state index contributed by atoms with van der Waals surface area (Å²) >= 11 is 0. The van der Waals surface area contributed by atoms with Crippen LogP contribution in [0.1, 0.15) is 57.8 Å². The van der Waals surface area contributed by atoms with E-state index in [0.29, 0.717) is 12.2 Å². The number of carbonyl (C=O) groups excluding carboxylic acids is 2. The maximum atomic E-state index is 13.5. The molecule has 1 aliphatic carbocycles. The SMILES string of the molecule is CC1(C)CC(=O)C2=C(C1)Nc1ccccc1N(CC(=O)N1CCCCC1)[C@@H]2c1ccco1. The van der Waals surface area contributed by atoms with Crippen molar-refractivity contribution in [3.63, 3.8) is 0 Å². The molecule has 168 valence electrons. The van der Waals surface area contributed by atoms with Gasteiger partial charge < -0.3 is 19.5 Å². The molecule has 0 saturated carbocycles. The lowest BCUT2D eigenvalue weighted by Gasteiger charge is -2.37. The quantitative estimate of drug-likeness (QED) is 0.745. The van der Waals surface area contributed by atoms with Gasteiger partial charge in [-0.25, -0.2) is 0 Å². The molecular weight excluding hydrogens is 402 g/mol. The van der Waals surface area contributed by atoms with Crippen LogP contribution >= 0.6 is 0 Å². The van der Waals surface area contributed by atoms with Crippen LogP contribution in [-0.2, 0) is 9.59 Å². The maximum absolute atomic E-state index is 13.5. The number of hydrogen-bond donors (Lipinski definition) is 1. The van der Waals surface area contributed by atoms with Crippen molar-refractivity contribution >= 4 is 23.1 Å². The van der Waals surface area contributed by atoms with Gasteiger partial charge in [-0.05, 0) is 55.4 Å². The van der Waals surface area contributed by atoms with Gasteiger partial charge in [0.25, 0.3) is 0 Å². The second kappa shape index (κ2) is 8.15. The second-order valence-corrected chi connectivity index (χ2v) is 9.96. The summed E-state index contributed by atoms with van der Waals surface area (Å²) in [4.78, 5) is 30.9. The molecule has 2 aliphatic heterocycles. The minimum atomic E-state index is -0.437. The van der Waals surface area contributed by atoms with Gasteiger partial charge in [0.15, 0.2) is 5.78 Å². The number of Topliss-reactive ketones (excluding diaryl/α,β-unsaturated/α-hetero) is 1. The molecular formula is C26H31N3O3. The summed E-state index contributed by atoms with van der Waals surface area (Å²) in [6.45, 7) is 6.08. The van der Waals surface area contributed by atoms with Crippen LogP contribution in [0, 0.1) is 5.41 Å². The van der Waals surface area contributed by atoms with Crippen LogP contribution in [0.3, 0.4) is 0 Å². The number of anilines is 2. The number of likely N-dealkylation sites (tertiary alicyclic amines) is 1. The molecule has 3 aliphatic rings. The fourth-order valence-corrected chi connectivity index (χ4v) is 5.36. The molecule has 1 saturated heterocycles. The Kier molecular flexibility index (Phi) is 5.31. The van der Waals surface area contributed by atoms with Crippen LogP contribution < -0.4 is 10.2 Å². The van der Waals surface area contributed by atoms with Crippen molar-refractivity contribution in [1.82, 2.24) is 4.90 Å². The number of allylic oxidation sites excluding steroid dienone is 1. The van der Waals surface area contributed by atoms with E-state index in [4.69, 9.17) is 4.42 Å². The largest absolute Gasteiger partial charge is 0.467 e. The maximum Gasteiger partial charge on any atom is 0.242 e. The molecule has 0 spiro atoms. The zero-order chi connectivity index (χ0) is 22.3. The third kappa shape index (κ3) is 3.83. The van der Waals surface area contributed by atoms with E-state index in [9.17, 15) is 9.59 Å². The van der Waals surface area contributed by atoms with Gasteiger partial charge in [-0.15, -0.1) is 0 Å². The highest BCUT2D eigenvalue weighted by atomic mass is 16.3. The molecule has 5 rings (SSSR count). The van der Waals surface area contributed by atoms with Gasteiger partial charge in [-0.2, -0.15) is 0 Å². The summed E-state index contributed by atoms with van der Waals surface area (Å²) in [6, 6.07) is 11.3. The molecule has 0 radical (unpaired) electrons. The number of hydrogen-bond acceptors (Lipinski definition) is 5. The molecule has 1 N–H and O–H groups in total. The predicted molar refractivity (Wildman–Crippen MR) is 124 cm³/mol. The van der Waals surface area contributed by atoms with E-state index in [2.05, 4.69) is 24.1 Å². The molecule has 1 fully saturated rings. The molecule has 1 aromatic heterocycles. The Morgan fingerprint density at radius 1 is 1.09 bits per heavy atom. The van der Waals surface area contributed by atoms with Crippen LogP contribution in [0.5, 0.6) is 0 Å². The molecule has 32 heavy (non-hydrogen) atoms. The molecule has 1 aromatic carbocycles. The highest BCUT2D eigenvalue weighted by Gasteiger charge is 2.43. The zero-order valence-electron chi connectivity index (χ0n) is 18.9. The number of ketones is 1. The number of fused-ring (bicyclic) bond motifs is 1. The molecule has 2 aromatic rings. The van der Waals surface area contributed by atoms with Gasteiger partial charge in [0.1, 0.15) is 11.8 Å². The number of rotatable bonds is 3. The number of benzene rings is 1. The monoisotopic (exact) mass is 433 g/mol. The fraction of sp³-hybridized carbons (Fsp3) is 0.462. The van der Waals surface area contributed by atoms with Crippen molar-refractivity contribution in [3.8, 4) is 0 Å². The van der Waals surface area contributed by atoms with Gasteiger partial charge in [-0.1, -0.05) is 26.0 Å². The van der Waals surface area contributed by atoms with Crippen molar-refractivity contribution < 1.29 is 14.0 Å². The number of piperidine rings is 1. The van der Waals surface area contributed by atoms with Crippen LogP contribution in [-0.4, -0.2) is 36.2 Å². The Morgan fingerprint density at radius 3 is 2.62 bits per heavy atom. The van der Waals surface area contributed by atoms with E-state index >= 15 is 0 Å². The Labute approximate surface area is 189 Å². The van der Waals surface area contributed by atoms with Crippen molar-refractivity contribution in [1.29, 1.82) is 0 Å². The Hall–Kier alpha value is -3.02. The van der Waals surface area contributed by atoms with Gasteiger partial charge in [-0.3, -0.25) is 9.59 Å². The van der Waals surface area contributed by atoms with Gasteiger partial charge in [0.2, 0.25) is 5.91 Å². The molecule has 1 atom stereocenters. The third-order valence-electron chi connectivity index (χ3n) is 6.83. The minimum absolute atomic E-state index is 0.101. The Bertz CT molecular complexity index is 1050. The van der Waals surface area contributed by atoms with Gasteiger partial charge in [0, 0.05) is 30.8 Å². The fourth-order valence-electron chi connectivity index (χ4n) is 5.36. The molecule has 6 heteroatoms. The molecule has 0 bridgehead atoms. The average Bonchev–Trinajstić information content (AvgIpc) is 3.25. The van der Waals surface area contributed by atoms with Gasteiger partial charge in [0.05, 0.1) is 24.2 Å². The summed E-state index contributed by atoms with van der Waals surface area (Å²) in [5.41, 5.74) is 3.38. The van der Waals surface area contributed by atoms with E-state index in [0.717, 1.165) is 55.0 Å². The first-order valence-corrected chi connectivity index (χ1v) is 11.6. The Balaban J connectivity index is 1.63. The lowest BCUT2D eigenvalue weighted by atomic mass is 9.74. The van der Waals surface area contributed by atoms with E-state index in [1.165, 1.54) is 6.42 Å². The molecule has 6 nitrogen and oxygen atoms in total. The first kappa shape index (κ1) is 20.9. The summed E-state index contributed by atoms with van der Waals surface area (Å²) in [7, 11) is 0. The van der Waals surface area contributed by atoms with Crippen LogP contribution in [0.15, 0.2) is 58.3 Å². The third-order valence-corrected chi connectivity index (χ3v) is 6.83. The van der Waals surface area contributed by atoms with Crippen LogP contribution in [0.25, 0.3) is 0 Å². The number of nitrogens with zero attached hydrogens (tertiary/aromatic N) is 2. The number of para-hydroxylation sites is 2.